The number of fused-ring (bicyclic) bond motifs is 2. The van der Waals surface area contributed by atoms with Crippen LogP contribution < -0.4 is 10.5 Å². The minimum atomic E-state index is 0.219. The lowest BCUT2D eigenvalue weighted by atomic mass is 9.98. The summed E-state index contributed by atoms with van der Waals surface area (Å²) in [7, 11) is 0. The van der Waals surface area contributed by atoms with Gasteiger partial charge in [0.2, 0.25) is 0 Å². The third-order valence-electron chi connectivity index (χ3n) is 4.33. The first kappa shape index (κ1) is 16.1. The number of H-pyrrole nitrogens is 1. The average Bonchev–Trinajstić information content (AvgIpc) is 3.19. The van der Waals surface area contributed by atoms with Gasteiger partial charge in [0, 0.05) is 0 Å². The molecule has 1 aliphatic heterocycles. The highest BCUT2D eigenvalue weighted by Crippen LogP contribution is 2.34. The zero-order valence-electron chi connectivity index (χ0n) is 14.2. The van der Waals surface area contributed by atoms with Gasteiger partial charge in [0.1, 0.15) is 23.7 Å². The van der Waals surface area contributed by atoms with Gasteiger partial charge in [-0.15, -0.1) is 0 Å². The molecule has 1 unspecified atom stereocenters. The fourth-order valence-electron chi connectivity index (χ4n) is 3.01. The van der Waals surface area contributed by atoms with E-state index in [1.807, 2.05) is 12.1 Å². The van der Waals surface area contributed by atoms with Crippen molar-refractivity contribution in [1.29, 1.82) is 0 Å². The van der Waals surface area contributed by atoms with Crippen molar-refractivity contribution >= 4 is 17.0 Å². The van der Waals surface area contributed by atoms with E-state index in [0.717, 1.165) is 18.6 Å². The predicted molar refractivity (Wildman–Crippen MR) is 101 cm³/mol. The van der Waals surface area contributed by atoms with Crippen LogP contribution in [0.25, 0.3) is 11.2 Å². The molecule has 0 amide bonds. The number of rotatable bonds is 1. The minimum Gasteiger partial charge on any atom is -0.485 e. The van der Waals surface area contributed by atoms with Crippen LogP contribution in [0.5, 0.6) is 5.75 Å². The van der Waals surface area contributed by atoms with Gasteiger partial charge < -0.3 is 15.5 Å². The van der Waals surface area contributed by atoms with Crippen molar-refractivity contribution in [3.05, 3.63) is 78.4 Å². The molecule has 4 aromatic rings. The molecule has 0 saturated carbocycles. The van der Waals surface area contributed by atoms with Gasteiger partial charge in [0.15, 0.2) is 11.5 Å². The van der Waals surface area contributed by atoms with Gasteiger partial charge in [-0.1, -0.05) is 48.5 Å². The molecule has 130 valence electrons. The number of aryl methyl sites for hydroxylation is 1. The Morgan fingerprint density at radius 3 is 2.62 bits per heavy atom. The van der Waals surface area contributed by atoms with E-state index in [2.05, 4.69) is 62.4 Å². The summed E-state index contributed by atoms with van der Waals surface area (Å²) in [6.07, 6.45) is 5.33. The molecule has 0 fully saturated rings. The lowest BCUT2D eigenvalue weighted by Crippen LogP contribution is -2.14. The van der Waals surface area contributed by atoms with Gasteiger partial charge in [-0.3, -0.25) is 0 Å². The number of nitrogens with one attached hydrogen (secondary N) is 1. The Kier molecular flexibility index (Phi) is 4.47. The largest absolute Gasteiger partial charge is 0.485 e. The first-order valence-corrected chi connectivity index (χ1v) is 8.50. The summed E-state index contributed by atoms with van der Waals surface area (Å²) in [4.78, 5) is 14.4. The van der Waals surface area contributed by atoms with Crippen LogP contribution in [-0.2, 0) is 6.42 Å². The SMILES string of the molecule is Nc1ncnc2[nH]cnc12.c1ccc(C2CCc3ccccc3O2)cc1. The lowest BCUT2D eigenvalue weighted by molar-refractivity contribution is 0.176. The van der Waals surface area contributed by atoms with E-state index in [1.165, 1.54) is 23.8 Å². The van der Waals surface area contributed by atoms with Crippen LogP contribution >= 0.6 is 0 Å². The summed E-state index contributed by atoms with van der Waals surface area (Å²) in [6, 6.07) is 18.8. The highest BCUT2D eigenvalue weighted by atomic mass is 16.5. The third kappa shape index (κ3) is 3.35. The van der Waals surface area contributed by atoms with Crippen LogP contribution in [0.15, 0.2) is 67.3 Å². The molecular weight excluding hydrogens is 326 g/mol. The number of ether oxygens (including phenoxy) is 1. The fraction of sp³-hybridized carbons (Fsp3) is 0.150. The molecular formula is C20H19N5O. The van der Waals surface area contributed by atoms with E-state index in [1.54, 1.807) is 0 Å². The maximum atomic E-state index is 6.02. The number of aromatic nitrogens is 4. The number of imidazole rings is 1. The molecule has 2 aromatic heterocycles. The zero-order chi connectivity index (χ0) is 17.8. The molecule has 0 radical (unpaired) electrons. The van der Waals surface area contributed by atoms with Crippen molar-refractivity contribution < 1.29 is 4.74 Å². The number of hydrogen-bond acceptors (Lipinski definition) is 5. The Morgan fingerprint density at radius 1 is 0.962 bits per heavy atom. The number of benzene rings is 2. The molecule has 3 heterocycles. The maximum Gasteiger partial charge on any atom is 0.162 e. The van der Waals surface area contributed by atoms with Crippen LogP contribution in [0.4, 0.5) is 5.82 Å². The Balaban J connectivity index is 0.000000144. The molecule has 26 heavy (non-hydrogen) atoms. The topological polar surface area (TPSA) is 89.7 Å². The Labute approximate surface area is 151 Å². The first-order chi connectivity index (χ1) is 12.8. The number of aromatic amines is 1. The lowest BCUT2D eigenvalue weighted by Gasteiger charge is -2.26. The zero-order valence-corrected chi connectivity index (χ0v) is 14.2. The standard InChI is InChI=1S/C15H14O.C5H5N5/c1-2-6-12(7-3-1)15-11-10-13-8-4-5-9-14(13)16-15;6-4-3-5(9-1-7-3)10-2-8-4/h1-9,15H,10-11H2;1-2H,(H3,6,7,8,9,10). The first-order valence-electron chi connectivity index (χ1n) is 8.50. The monoisotopic (exact) mass is 345 g/mol. The fourth-order valence-corrected chi connectivity index (χ4v) is 3.01. The Bertz CT molecular complexity index is 999. The van der Waals surface area contributed by atoms with E-state index in [0.29, 0.717) is 17.0 Å². The minimum absolute atomic E-state index is 0.219. The van der Waals surface area contributed by atoms with Crippen molar-refractivity contribution in [2.24, 2.45) is 0 Å². The van der Waals surface area contributed by atoms with Gasteiger partial charge in [-0.25, -0.2) is 15.0 Å². The second-order valence-corrected chi connectivity index (χ2v) is 6.02. The van der Waals surface area contributed by atoms with E-state index in [-0.39, 0.29) is 6.10 Å². The van der Waals surface area contributed by atoms with Crippen molar-refractivity contribution in [3.63, 3.8) is 0 Å². The second-order valence-electron chi connectivity index (χ2n) is 6.02. The van der Waals surface area contributed by atoms with Gasteiger partial charge in [-0.2, -0.15) is 0 Å². The smallest absolute Gasteiger partial charge is 0.162 e. The van der Waals surface area contributed by atoms with Gasteiger partial charge in [0.05, 0.1) is 6.33 Å². The van der Waals surface area contributed by atoms with Crippen LogP contribution in [0.1, 0.15) is 23.7 Å². The molecule has 0 aliphatic carbocycles. The van der Waals surface area contributed by atoms with Crippen molar-refractivity contribution in [1.82, 2.24) is 19.9 Å². The van der Waals surface area contributed by atoms with Crippen molar-refractivity contribution in [2.45, 2.75) is 18.9 Å². The van der Waals surface area contributed by atoms with Gasteiger partial charge in [-0.05, 0) is 30.0 Å². The van der Waals surface area contributed by atoms with E-state index in [4.69, 9.17) is 10.5 Å². The quantitative estimate of drug-likeness (QED) is 0.549. The molecule has 1 atom stereocenters. The Hall–Kier alpha value is -3.41. The van der Waals surface area contributed by atoms with Crippen LogP contribution in [0, 0.1) is 0 Å². The molecule has 6 nitrogen and oxygen atoms in total. The van der Waals surface area contributed by atoms with E-state index in [9.17, 15) is 0 Å². The summed E-state index contributed by atoms with van der Waals surface area (Å²) in [5.41, 5.74) is 9.37. The van der Waals surface area contributed by atoms with Crippen LogP contribution in [0.2, 0.25) is 0 Å². The number of nitrogens with zero attached hydrogens (tertiary/aromatic N) is 3. The number of nitrogen functional groups attached to an aromatic ring is 1. The molecule has 3 N–H and O–H groups in total. The summed E-state index contributed by atoms with van der Waals surface area (Å²) >= 11 is 0. The molecule has 6 heteroatoms. The van der Waals surface area contributed by atoms with E-state index >= 15 is 0 Å². The normalized spacial score (nSPS) is 15.5. The summed E-state index contributed by atoms with van der Waals surface area (Å²) in [6.45, 7) is 0. The van der Waals surface area contributed by atoms with Crippen molar-refractivity contribution in [2.75, 3.05) is 5.73 Å². The molecule has 5 rings (SSSR count). The highest BCUT2D eigenvalue weighted by Gasteiger charge is 2.20. The number of anilines is 1. The third-order valence-corrected chi connectivity index (χ3v) is 4.33. The van der Waals surface area contributed by atoms with Crippen molar-refractivity contribution in [3.8, 4) is 5.75 Å². The predicted octanol–water partition coefficient (Wildman–Crippen LogP) is 3.69. The Morgan fingerprint density at radius 2 is 1.77 bits per heavy atom. The summed E-state index contributed by atoms with van der Waals surface area (Å²) < 4.78 is 6.02. The number of hydrogen-bond donors (Lipinski definition) is 2. The molecule has 0 saturated heterocycles. The molecule has 0 spiro atoms. The van der Waals surface area contributed by atoms with E-state index < -0.39 is 0 Å². The number of nitrogens with two attached hydrogens (primary N) is 1. The van der Waals surface area contributed by atoms with Gasteiger partial charge in [0.25, 0.3) is 0 Å². The average molecular weight is 345 g/mol. The molecule has 0 bridgehead atoms. The maximum absolute atomic E-state index is 6.02. The highest BCUT2D eigenvalue weighted by molar-refractivity contribution is 5.80. The number of para-hydroxylation sites is 1. The summed E-state index contributed by atoms with van der Waals surface area (Å²) in [5.74, 6) is 1.45. The van der Waals surface area contributed by atoms with Crippen LogP contribution in [-0.4, -0.2) is 19.9 Å². The summed E-state index contributed by atoms with van der Waals surface area (Å²) in [5, 5.41) is 0. The second kappa shape index (κ2) is 7.23. The van der Waals surface area contributed by atoms with Gasteiger partial charge >= 0.3 is 0 Å². The molecule has 1 aliphatic rings. The van der Waals surface area contributed by atoms with Crippen LogP contribution in [0.3, 0.4) is 0 Å². The molecule has 2 aromatic carbocycles.